The molecule has 0 radical (unpaired) electrons. The van der Waals surface area contributed by atoms with E-state index >= 15 is 0 Å². The molecule has 1 N–H and O–H groups in total. The van der Waals surface area contributed by atoms with E-state index in [1.165, 1.54) is 17.7 Å². The molecule has 1 aliphatic rings. The number of amides is 1. The average Bonchev–Trinajstić information content (AvgIpc) is 3.02. The van der Waals surface area contributed by atoms with Crippen LogP contribution in [-0.4, -0.2) is 25.0 Å². The summed E-state index contributed by atoms with van der Waals surface area (Å²) in [7, 11) is 0. The minimum atomic E-state index is 0.0138. The molecular formula is C19H22N2O. The molecule has 0 saturated carbocycles. The fourth-order valence-electron chi connectivity index (χ4n) is 3.02. The van der Waals surface area contributed by atoms with Gasteiger partial charge >= 0.3 is 0 Å². The summed E-state index contributed by atoms with van der Waals surface area (Å²) in [5.74, 6) is 0.0138. The Morgan fingerprint density at radius 1 is 1.14 bits per heavy atom. The van der Waals surface area contributed by atoms with Crippen LogP contribution in [0, 0.1) is 6.92 Å². The molecule has 3 nitrogen and oxygen atoms in total. The molecule has 0 aliphatic carbocycles. The first-order valence-corrected chi connectivity index (χ1v) is 7.90. The van der Waals surface area contributed by atoms with E-state index in [-0.39, 0.29) is 5.91 Å². The predicted molar refractivity (Wildman–Crippen MR) is 90.3 cm³/mol. The van der Waals surface area contributed by atoms with E-state index in [0.29, 0.717) is 12.6 Å². The minimum Gasteiger partial charge on any atom is -0.367 e. The van der Waals surface area contributed by atoms with Gasteiger partial charge in [0, 0.05) is 30.4 Å². The third kappa shape index (κ3) is 3.30. The molecule has 114 valence electrons. The lowest BCUT2D eigenvalue weighted by molar-refractivity contribution is 0.0951. The molecule has 1 unspecified atom stereocenters. The van der Waals surface area contributed by atoms with Gasteiger partial charge < -0.3 is 10.2 Å². The standard InChI is InChI=1S/C19H22N2O/c1-15-9-11-16(12-10-15)19(22)20-14-18-8-5-13-21(18)17-6-3-2-4-7-17/h2-4,6-7,9-12,18H,5,8,13-14H2,1H3,(H,20,22). The number of carbonyl (C=O) groups excluding carboxylic acids is 1. The molecule has 2 aromatic carbocycles. The van der Waals surface area contributed by atoms with Crippen molar-refractivity contribution >= 4 is 11.6 Å². The Morgan fingerprint density at radius 3 is 2.59 bits per heavy atom. The zero-order valence-electron chi connectivity index (χ0n) is 13.0. The van der Waals surface area contributed by atoms with Crippen molar-refractivity contribution in [2.24, 2.45) is 0 Å². The molecule has 1 aliphatic heterocycles. The first-order valence-electron chi connectivity index (χ1n) is 7.90. The van der Waals surface area contributed by atoms with Gasteiger partial charge in [-0.15, -0.1) is 0 Å². The summed E-state index contributed by atoms with van der Waals surface area (Å²) in [5.41, 5.74) is 3.15. The van der Waals surface area contributed by atoms with E-state index in [2.05, 4.69) is 34.5 Å². The Balaban J connectivity index is 1.61. The van der Waals surface area contributed by atoms with Gasteiger partial charge in [-0.3, -0.25) is 4.79 Å². The first kappa shape index (κ1) is 14.6. The summed E-state index contributed by atoms with van der Waals surface area (Å²) in [6, 6.07) is 18.5. The van der Waals surface area contributed by atoms with Gasteiger partial charge in [-0.1, -0.05) is 35.9 Å². The fourth-order valence-corrected chi connectivity index (χ4v) is 3.02. The quantitative estimate of drug-likeness (QED) is 0.937. The molecule has 3 rings (SSSR count). The normalized spacial score (nSPS) is 17.5. The molecule has 0 aromatic heterocycles. The van der Waals surface area contributed by atoms with Crippen molar-refractivity contribution in [3.8, 4) is 0 Å². The zero-order valence-corrected chi connectivity index (χ0v) is 13.0. The Labute approximate surface area is 132 Å². The number of para-hydroxylation sites is 1. The summed E-state index contributed by atoms with van der Waals surface area (Å²) in [6.07, 6.45) is 2.31. The van der Waals surface area contributed by atoms with Crippen LogP contribution in [0.25, 0.3) is 0 Å². The molecule has 22 heavy (non-hydrogen) atoms. The molecule has 1 atom stereocenters. The monoisotopic (exact) mass is 294 g/mol. The van der Waals surface area contributed by atoms with Crippen molar-refractivity contribution in [3.63, 3.8) is 0 Å². The highest BCUT2D eigenvalue weighted by Gasteiger charge is 2.24. The number of carbonyl (C=O) groups is 1. The van der Waals surface area contributed by atoms with Crippen molar-refractivity contribution in [1.82, 2.24) is 5.32 Å². The molecule has 1 fully saturated rings. The van der Waals surface area contributed by atoms with Gasteiger partial charge in [-0.05, 0) is 44.0 Å². The topological polar surface area (TPSA) is 32.3 Å². The molecule has 3 heteroatoms. The number of aryl methyl sites for hydroxylation is 1. The third-order valence-electron chi connectivity index (χ3n) is 4.28. The Bertz CT molecular complexity index is 622. The average molecular weight is 294 g/mol. The Kier molecular flexibility index (Phi) is 4.42. The van der Waals surface area contributed by atoms with Gasteiger partial charge in [0.2, 0.25) is 0 Å². The zero-order chi connectivity index (χ0) is 15.4. The highest BCUT2D eigenvalue weighted by molar-refractivity contribution is 5.94. The summed E-state index contributed by atoms with van der Waals surface area (Å²) >= 11 is 0. The van der Waals surface area contributed by atoms with Gasteiger partial charge in [0.25, 0.3) is 5.91 Å². The lowest BCUT2D eigenvalue weighted by Gasteiger charge is -2.27. The number of hydrogen-bond donors (Lipinski definition) is 1. The molecule has 1 saturated heterocycles. The number of anilines is 1. The van der Waals surface area contributed by atoms with Crippen LogP contribution in [0.4, 0.5) is 5.69 Å². The van der Waals surface area contributed by atoms with Crippen molar-refractivity contribution < 1.29 is 4.79 Å². The molecule has 1 amide bonds. The van der Waals surface area contributed by atoms with Crippen molar-refractivity contribution in [1.29, 1.82) is 0 Å². The molecule has 1 heterocycles. The van der Waals surface area contributed by atoms with E-state index in [1.807, 2.05) is 37.3 Å². The summed E-state index contributed by atoms with van der Waals surface area (Å²) in [6.45, 7) is 3.79. The van der Waals surface area contributed by atoms with Gasteiger partial charge in [0.1, 0.15) is 0 Å². The van der Waals surface area contributed by atoms with E-state index in [9.17, 15) is 4.79 Å². The van der Waals surface area contributed by atoms with Crippen molar-refractivity contribution in [3.05, 3.63) is 65.7 Å². The maximum Gasteiger partial charge on any atom is 0.251 e. The van der Waals surface area contributed by atoms with Crippen molar-refractivity contribution in [2.75, 3.05) is 18.0 Å². The van der Waals surface area contributed by atoms with Crippen LogP contribution in [0.15, 0.2) is 54.6 Å². The van der Waals surface area contributed by atoms with E-state index in [4.69, 9.17) is 0 Å². The lowest BCUT2D eigenvalue weighted by atomic mass is 10.1. The van der Waals surface area contributed by atoms with Crippen LogP contribution in [0.5, 0.6) is 0 Å². The summed E-state index contributed by atoms with van der Waals surface area (Å²) < 4.78 is 0. The molecular weight excluding hydrogens is 272 g/mol. The number of nitrogens with zero attached hydrogens (tertiary/aromatic N) is 1. The minimum absolute atomic E-state index is 0.0138. The Hall–Kier alpha value is -2.29. The van der Waals surface area contributed by atoms with Crippen molar-refractivity contribution in [2.45, 2.75) is 25.8 Å². The summed E-state index contributed by atoms with van der Waals surface area (Å²) in [4.78, 5) is 14.6. The van der Waals surface area contributed by atoms with E-state index < -0.39 is 0 Å². The van der Waals surface area contributed by atoms with E-state index in [1.54, 1.807) is 0 Å². The first-order chi connectivity index (χ1) is 10.7. The van der Waals surface area contributed by atoms with Gasteiger partial charge in [0.05, 0.1) is 0 Å². The highest BCUT2D eigenvalue weighted by Crippen LogP contribution is 2.24. The van der Waals surface area contributed by atoms with Crippen LogP contribution in [0.3, 0.4) is 0 Å². The number of rotatable bonds is 4. The maximum atomic E-state index is 12.2. The molecule has 0 bridgehead atoms. The predicted octanol–water partition coefficient (Wildman–Crippen LogP) is 3.39. The second-order valence-corrected chi connectivity index (χ2v) is 5.90. The summed E-state index contributed by atoms with van der Waals surface area (Å²) in [5, 5.41) is 3.08. The lowest BCUT2D eigenvalue weighted by Crippen LogP contribution is -2.40. The smallest absolute Gasteiger partial charge is 0.251 e. The Morgan fingerprint density at radius 2 is 1.86 bits per heavy atom. The number of nitrogens with one attached hydrogen (secondary N) is 1. The maximum absolute atomic E-state index is 12.2. The second kappa shape index (κ2) is 6.65. The van der Waals surface area contributed by atoms with Gasteiger partial charge in [-0.25, -0.2) is 0 Å². The van der Waals surface area contributed by atoms with Crippen LogP contribution in [0.2, 0.25) is 0 Å². The SMILES string of the molecule is Cc1ccc(C(=O)NCC2CCCN2c2ccccc2)cc1. The highest BCUT2D eigenvalue weighted by atomic mass is 16.1. The second-order valence-electron chi connectivity index (χ2n) is 5.90. The van der Waals surface area contributed by atoms with Crippen LogP contribution in [-0.2, 0) is 0 Å². The fraction of sp³-hybridized carbons (Fsp3) is 0.316. The number of hydrogen-bond acceptors (Lipinski definition) is 2. The molecule has 0 spiro atoms. The van der Waals surface area contributed by atoms with Crippen LogP contribution >= 0.6 is 0 Å². The van der Waals surface area contributed by atoms with Gasteiger partial charge in [-0.2, -0.15) is 0 Å². The molecule has 2 aromatic rings. The van der Waals surface area contributed by atoms with E-state index in [0.717, 1.165) is 18.5 Å². The largest absolute Gasteiger partial charge is 0.367 e. The third-order valence-corrected chi connectivity index (χ3v) is 4.28. The van der Waals surface area contributed by atoms with Crippen LogP contribution in [0.1, 0.15) is 28.8 Å². The van der Waals surface area contributed by atoms with Gasteiger partial charge in [0.15, 0.2) is 0 Å². The number of benzene rings is 2. The van der Waals surface area contributed by atoms with Crippen LogP contribution < -0.4 is 10.2 Å².